The van der Waals surface area contributed by atoms with Gasteiger partial charge in [-0.1, -0.05) is 30.3 Å². The molecule has 1 aromatic rings. The predicted octanol–water partition coefficient (Wildman–Crippen LogP) is 2.27. The Kier molecular flexibility index (Phi) is 4.90. The van der Waals surface area contributed by atoms with Crippen LogP contribution in [0.15, 0.2) is 30.3 Å². The van der Waals surface area contributed by atoms with Crippen LogP contribution in [0.5, 0.6) is 0 Å². The first-order chi connectivity index (χ1) is 11.5. The quantitative estimate of drug-likeness (QED) is 0.843. The summed E-state index contributed by atoms with van der Waals surface area (Å²) in [5.41, 5.74) is 0.627. The van der Waals surface area contributed by atoms with Gasteiger partial charge in [0.1, 0.15) is 5.54 Å². The van der Waals surface area contributed by atoms with Gasteiger partial charge in [-0.05, 0) is 51.3 Å². The molecule has 2 aliphatic heterocycles. The molecule has 5 heteroatoms. The first-order valence-corrected chi connectivity index (χ1v) is 8.87. The third-order valence-electron chi connectivity index (χ3n) is 5.52. The Labute approximate surface area is 144 Å². The van der Waals surface area contributed by atoms with Crippen LogP contribution >= 0.6 is 0 Å². The van der Waals surface area contributed by atoms with E-state index >= 15 is 0 Å². The topological polar surface area (TPSA) is 52.7 Å². The van der Waals surface area contributed by atoms with Gasteiger partial charge in [0, 0.05) is 19.5 Å². The van der Waals surface area contributed by atoms with E-state index in [1.807, 2.05) is 13.0 Å². The Morgan fingerprint density at radius 1 is 1.25 bits per heavy atom. The van der Waals surface area contributed by atoms with Gasteiger partial charge in [0.15, 0.2) is 0 Å². The monoisotopic (exact) mass is 329 g/mol. The van der Waals surface area contributed by atoms with E-state index in [1.54, 1.807) is 7.05 Å². The Morgan fingerprint density at radius 2 is 2.00 bits per heavy atom. The number of carbonyl (C=O) groups is 2. The first kappa shape index (κ1) is 17.0. The Morgan fingerprint density at radius 3 is 2.67 bits per heavy atom. The summed E-state index contributed by atoms with van der Waals surface area (Å²) in [5.74, 6) is 0.0908. The molecule has 0 spiro atoms. The van der Waals surface area contributed by atoms with Crippen molar-refractivity contribution in [3.8, 4) is 0 Å². The molecular weight excluding hydrogens is 302 g/mol. The number of likely N-dealkylation sites (N-methyl/N-ethyl adjacent to an activating group) is 1. The second-order valence-corrected chi connectivity index (χ2v) is 7.23. The maximum Gasteiger partial charge on any atom is 0.324 e. The van der Waals surface area contributed by atoms with Crippen molar-refractivity contribution < 1.29 is 9.59 Å². The van der Waals surface area contributed by atoms with Crippen molar-refractivity contribution in [1.82, 2.24) is 15.1 Å². The maximum atomic E-state index is 12.5. The van der Waals surface area contributed by atoms with E-state index in [1.165, 1.54) is 10.5 Å². The number of piperidine rings is 1. The van der Waals surface area contributed by atoms with Crippen LogP contribution in [0.2, 0.25) is 0 Å². The summed E-state index contributed by atoms with van der Waals surface area (Å²) in [6, 6.07) is 10.3. The number of nitrogens with zero attached hydrogens (tertiary/aromatic N) is 2. The van der Waals surface area contributed by atoms with E-state index in [4.69, 9.17) is 0 Å². The van der Waals surface area contributed by atoms with Crippen molar-refractivity contribution in [3.05, 3.63) is 35.9 Å². The summed E-state index contributed by atoms with van der Waals surface area (Å²) in [4.78, 5) is 28.0. The molecule has 0 aliphatic carbocycles. The summed E-state index contributed by atoms with van der Waals surface area (Å²) in [6.45, 7) is 4.89. The third kappa shape index (κ3) is 3.31. The van der Waals surface area contributed by atoms with E-state index in [0.717, 1.165) is 45.3 Å². The molecule has 0 bridgehead atoms. The molecule has 2 fully saturated rings. The van der Waals surface area contributed by atoms with Gasteiger partial charge in [-0.25, -0.2) is 4.79 Å². The lowest BCUT2D eigenvalue weighted by atomic mass is 9.80. The minimum absolute atomic E-state index is 0.0939. The number of likely N-dealkylation sites (tertiary alicyclic amines) is 1. The number of benzene rings is 1. The van der Waals surface area contributed by atoms with Crippen LogP contribution in [0.25, 0.3) is 0 Å². The van der Waals surface area contributed by atoms with Crippen molar-refractivity contribution in [2.45, 2.75) is 38.1 Å². The van der Waals surface area contributed by atoms with Gasteiger partial charge in [-0.15, -0.1) is 0 Å². The van der Waals surface area contributed by atoms with Gasteiger partial charge in [0.25, 0.3) is 5.91 Å². The largest absolute Gasteiger partial charge is 0.324 e. The average Bonchev–Trinajstić information content (AvgIpc) is 2.80. The van der Waals surface area contributed by atoms with Gasteiger partial charge in [0.05, 0.1) is 0 Å². The summed E-state index contributed by atoms with van der Waals surface area (Å²) in [6.07, 6.45) is 4.27. The zero-order valence-corrected chi connectivity index (χ0v) is 14.6. The average molecular weight is 329 g/mol. The van der Waals surface area contributed by atoms with Gasteiger partial charge < -0.3 is 10.2 Å². The molecular formula is C19H27N3O2. The van der Waals surface area contributed by atoms with Crippen molar-refractivity contribution in [3.63, 3.8) is 0 Å². The molecule has 0 aromatic heterocycles. The number of aryl methyl sites for hydroxylation is 1. The second kappa shape index (κ2) is 6.93. The SMILES string of the molecule is CN1C(=O)N[C@@](C)([C@@H]2CCCN(CCCc3ccccc3)C2)C1=O. The highest BCUT2D eigenvalue weighted by Crippen LogP contribution is 2.32. The van der Waals surface area contributed by atoms with Crippen LogP contribution in [-0.4, -0.2) is 54.0 Å². The fourth-order valence-electron chi connectivity index (χ4n) is 3.96. The fraction of sp³-hybridized carbons (Fsp3) is 0.579. The van der Waals surface area contributed by atoms with Crippen molar-refractivity contribution in [2.24, 2.45) is 5.92 Å². The molecule has 3 amide bonds. The van der Waals surface area contributed by atoms with Crippen LogP contribution in [0.1, 0.15) is 31.7 Å². The highest BCUT2D eigenvalue weighted by atomic mass is 16.2. The number of imide groups is 1. The molecule has 2 saturated heterocycles. The Balaban J connectivity index is 1.55. The van der Waals surface area contributed by atoms with Crippen molar-refractivity contribution in [1.29, 1.82) is 0 Å². The molecule has 1 aromatic carbocycles. The standard InChI is InChI=1S/C19H27N3O2/c1-19(17(23)21(2)18(24)20-19)16-11-7-13-22(14-16)12-6-10-15-8-4-3-5-9-15/h3-5,8-9,16H,6-7,10-14H2,1-2H3,(H,20,24)/t16-,19+/m1/s1. The maximum absolute atomic E-state index is 12.5. The lowest BCUT2D eigenvalue weighted by Gasteiger charge is -2.39. The van der Waals surface area contributed by atoms with Crippen LogP contribution in [0.4, 0.5) is 4.79 Å². The van der Waals surface area contributed by atoms with Crippen LogP contribution in [0.3, 0.4) is 0 Å². The number of urea groups is 1. The van der Waals surface area contributed by atoms with E-state index < -0.39 is 5.54 Å². The minimum Gasteiger partial charge on any atom is -0.323 e. The molecule has 0 unspecified atom stereocenters. The van der Waals surface area contributed by atoms with Crippen LogP contribution < -0.4 is 5.32 Å². The zero-order chi connectivity index (χ0) is 17.2. The van der Waals surface area contributed by atoms with Gasteiger partial charge in [-0.3, -0.25) is 9.69 Å². The Hall–Kier alpha value is -1.88. The minimum atomic E-state index is -0.746. The van der Waals surface area contributed by atoms with Gasteiger partial charge in [-0.2, -0.15) is 0 Å². The van der Waals surface area contributed by atoms with E-state index in [9.17, 15) is 9.59 Å². The number of hydrogen-bond donors (Lipinski definition) is 1. The molecule has 5 nitrogen and oxygen atoms in total. The predicted molar refractivity (Wildman–Crippen MR) is 93.6 cm³/mol. The normalized spacial score (nSPS) is 28.2. The second-order valence-electron chi connectivity index (χ2n) is 7.23. The smallest absolute Gasteiger partial charge is 0.323 e. The molecule has 24 heavy (non-hydrogen) atoms. The summed E-state index contributed by atoms with van der Waals surface area (Å²) in [7, 11) is 1.56. The third-order valence-corrected chi connectivity index (χ3v) is 5.52. The molecule has 3 rings (SSSR count). The highest BCUT2D eigenvalue weighted by molar-refractivity contribution is 6.06. The van der Waals surface area contributed by atoms with Crippen LogP contribution in [0, 0.1) is 5.92 Å². The summed E-state index contributed by atoms with van der Waals surface area (Å²) < 4.78 is 0. The molecule has 2 heterocycles. The van der Waals surface area contributed by atoms with Gasteiger partial charge in [0.2, 0.25) is 0 Å². The number of hydrogen-bond acceptors (Lipinski definition) is 3. The summed E-state index contributed by atoms with van der Waals surface area (Å²) in [5, 5.41) is 2.91. The number of carbonyl (C=O) groups excluding carboxylic acids is 2. The number of nitrogens with one attached hydrogen (secondary N) is 1. The molecule has 0 radical (unpaired) electrons. The van der Waals surface area contributed by atoms with Gasteiger partial charge >= 0.3 is 6.03 Å². The Bertz CT molecular complexity index is 604. The molecule has 2 atom stereocenters. The number of rotatable bonds is 5. The molecule has 130 valence electrons. The lowest BCUT2D eigenvalue weighted by molar-refractivity contribution is -0.132. The molecule has 0 saturated carbocycles. The van der Waals surface area contributed by atoms with E-state index in [-0.39, 0.29) is 17.9 Å². The number of amides is 3. The van der Waals surface area contributed by atoms with E-state index in [0.29, 0.717) is 0 Å². The lowest BCUT2D eigenvalue weighted by Crippen LogP contribution is -2.55. The highest BCUT2D eigenvalue weighted by Gasteiger charge is 2.51. The zero-order valence-electron chi connectivity index (χ0n) is 14.6. The van der Waals surface area contributed by atoms with Crippen molar-refractivity contribution >= 4 is 11.9 Å². The molecule has 2 aliphatic rings. The van der Waals surface area contributed by atoms with Crippen molar-refractivity contribution in [2.75, 3.05) is 26.7 Å². The van der Waals surface area contributed by atoms with E-state index in [2.05, 4.69) is 34.5 Å². The molecule has 1 N–H and O–H groups in total. The summed E-state index contributed by atoms with van der Waals surface area (Å²) >= 11 is 0. The first-order valence-electron chi connectivity index (χ1n) is 8.87. The fourth-order valence-corrected chi connectivity index (χ4v) is 3.96. The van der Waals surface area contributed by atoms with Crippen LogP contribution in [-0.2, 0) is 11.2 Å².